The van der Waals surface area contributed by atoms with E-state index in [9.17, 15) is 9.90 Å². The van der Waals surface area contributed by atoms with Crippen LogP contribution >= 0.6 is 0 Å². The van der Waals surface area contributed by atoms with E-state index < -0.39 is 5.60 Å². The molecule has 2 saturated carbocycles. The summed E-state index contributed by atoms with van der Waals surface area (Å²) in [5, 5.41) is 10.7. The first kappa shape index (κ1) is 27.7. The third kappa shape index (κ3) is 6.56. The highest BCUT2D eigenvalue weighted by Crippen LogP contribution is 2.45. The zero-order valence-electron chi connectivity index (χ0n) is 23.2. The van der Waals surface area contributed by atoms with Crippen molar-refractivity contribution in [1.82, 2.24) is 4.90 Å². The molecular weight excluding hydrogens is 460 g/mol. The van der Waals surface area contributed by atoms with Crippen molar-refractivity contribution in [1.29, 1.82) is 0 Å². The molecule has 5 heteroatoms. The van der Waals surface area contributed by atoms with E-state index in [2.05, 4.69) is 43.0 Å². The fourth-order valence-electron chi connectivity index (χ4n) is 6.24. The molecule has 1 amide bonds. The molecule has 2 fully saturated rings. The number of hydrogen-bond donors (Lipinski definition) is 2. The lowest BCUT2D eigenvalue weighted by Gasteiger charge is -2.46. The Labute approximate surface area is 223 Å². The Hall–Kier alpha value is -2.37. The van der Waals surface area contributed by atoms with Gasteiger partial charge >= 0.3 is 0 Å². The highest BCUT2D eigenvalue weighted by molar-refractivity contribution is 5.79. The molecule has 2 aliphatic carbocycles. The number of carbonyl (C=O) groups is 1. The Balaban J connectivity index is 1.48. The van der Waals surface area contributed by atoms with Crippen LogP contribution in [0.1, 0.15) is 83.3 Å². The van der Waals surface area contributed by atoms with Gasteiger partial charge in [0.25, 0.3) is 0 Å². The minimum absolute atomic E-state index is 0.00884. The Morgan fingerprint density at radius 2 is 1.62 bits per heavy atom. The van der Waals surface area contributed by atoms with E-state index in [0.29, 0.717) is 19.5 Å². The number of amides is 1. The van der Waals surface area contributed by atoms with Gasteiger partial charge in [-0.05, 0) is 86.0 Å². The number of hydrogen-bond acceptors (Lipinski definition) is 4. The molecule has 2 unspecified atom stereocenters. The summed E-state index contributed by atoms with van der Waals surface area (Å²) < 4.78 is 5.33. The molecule has 0 bridgehead atoms. The van der Waals surface area contributed by atoms with Gasteiger partial charge in [-0.3, -0.25) is 4.79 Å². The summed E-state index contributed by atoms with van der Waals surface area (Å²) in [5.41, 5.74) is 8.33. The Morgan fingerprint density at radius 3 is 2.16 bits per heavy atom. The number of nitrogens with two attached hydrogens (primary N) is 1. The van der Waals surface area contributed by atoms with Crippen molar-refractivity contribution in [3.05, 3.63) is 65.7 Å². The summed E-state index contributed by atoms with van der Waals surface area (Å²) in [7, 11) is 1.67. The first-order chi connectivity index (χ1) is 17.5. The molecule has 3 N–H and O–H groups in total. The van der Waals surface area contributed by atoms with Crippen LogP contribution in [0.4, 0.5) is 0 Å². The molecule has 5 nitrogen and oxygen atoms in total. The van der Waals surface area contributed by atoms with E-state index in [0.717, 1.165) is 56.3 Å². The van der Waals surface area contributed by atoms with Crippen LogP contribution < -0.4 is 10.5 Å². The summed E-state index contributed by atoms with van der Waals surface area (Å²) in [6.07, 6.45) is 7.28. The van der Waals surface area contributed by atoms with Gasteiger partial charge in [0.15, 0.2) is 0 Å². The topological polar surface area (TPSA) is 75.8 Å². The van der Waals surface area contributed by atoms with Gasteiger partial charge in [0, 0.05) is 24.5 Å². The minimum atomic E-state index is -0.577. The molecule has 2 aromatic carbocycles. The third-order valence-electron chi connectivity index (χ3n) is 9.34. The summed E-state index contributed by atoms with van der Waals surface area (Å²) in [4.78, 5) is 16.0. The molecule has 0 radical (unpaired) electrons. The zero-order chi connectivity index (χ0) is 26.7. The first-order valence-corrected chi connectivity index (χ1v) is 14.0. The number of methoxy groups -OCH3 is 1. The average Bonchev–Trinajstić information content (AvgIpc) is 2.89. The van der Waals surface area contributed by atoms with Crippen LogP contribution in [-0.4, -0.2) is 35.2 Å². The molecule has 2 aromatic rings. The van der Waals surface area contributed by atoms with Gasteiger partial charge in [0.1, 0.15) is 5.75 Å². The number of benzene rings is 2. The summed E-state index contributed by atoms with van der Waals surface area (Å²) in [6, 6.07) is 18.5. The fraction of sp³-hybridized carbons (Fsp3) is 0.594. The molecule has 0 spiro atoms. The standard InChI is InChI=1S/C32H46N2O3/c1-24(21-31(36)15-8-16-31)25(2)29(35)34(22-26-11-13-28(37-4)14-12-26)23-30(3)17-19-32(33,20-18-30)27-9-6-5-7-10-27/h5-7,9-14,24-25,36H,8,15-23,33H2,1-4H3/t24?,25?,30-,32-. The quantitative estimate of drug-likeness (QED) is 0.412. The maximum Gasteiger partial charge on any atom is 0.225 e. The maximum absolute atomic E-state index is 14.0. The largest absolute Gasteiger partial charge is 0.497 e. The average molecular weight is 507 g/mol. The molecule has 0 saturated heterocycles. The lowest BCUT2D eigenvalue weighted by atomic mass is 9.66. The van der Waals surface area contributed by atoms with Crippen LogP contribution in [0.25, 0.3) is 0 Å². The van der Waals surface area contributed by atoms with Crippen molar-refractivity contribution in [2.75, 3.05) is 13.7 Å². The Bertz CT molecular complexity index is 1020. The van der Waals surface area contributed by atoms with E-state index in [1.807, 2.05) is 37.3 Å². The molecule has 0 aromatic heterocycles. The molecule has 0 heterocycles. The van der Waals surface area contributed by atoms with Crippen molar-refractivity contribution < 1.29 is 14.6 Å². The van der Waals surface area contributed by atoms with Crippen molar-refractivity contribution in [3.63, 3.8) is 0 Å². The molecule has 202 valence electrons. The third-order valence-corrected chi connectivity index (χ3v) is 9.34. The summed E-state index contributed by atoms with van der Waals surface area (Å²) >= 11 is 0. The second kappa shape index (κ2) is 11.2. The Morgan fingerprint density at radius 1 is 1.00 bits per heavy atom. The van der Waals surface area contributed by atoms with Crippen LogP contribution in [0, 0.1) is 17.3 Å². The summed E-state index contributed by atoms with van der Waals surface area (Å²) in [5.74, 6) is 0.981. The van der Waals surface area contributed by atoms with Crippen LogP contribution in [0.5, 0.6) is 5.75 Å². The van der Waals surface area contributed by atoms with E-state index in [1.54, 1.807) is 7.11 Å². The van der Waals surface area contributed by atoms with Gasteiger partial charge in [-0.15, -0.1) is 0 Å². The predicted octanol–water partition coefficient (Wildman–Crippen LogP) is 6.04. The highest BCUT2D eigenvalue weighted by atomic mass is 16.5. The van der Waals surface area contributed by atoms with Crippen molar-refractivity contribution >= 4 is 5.91 Å². The minimum Gasteiger partial charge on any atom is -0.497 e. The normalized spacial score (nSPS) is 26.5. The van der Waals surface area contributed by atoms with Crippen LogP contribution in [0.3, 0.4) is 0 Å². The first-order valence-electron chi connectivity index (χ1n) is 14.0. The van der Waals surface area contributed by atoms with Gasteiger partial charge in [-0.25, -0.2) is 0 Å². The van der Waals surface area contributed by atoms with Gasteiger partial charge < -0.3 is 20.5 Å². The fourth-order valence-corrected chi connectivity index (χ4v) is 6.24. The summed E-state index contributed by atoms with van der Waals surface area (Å²) in [6.45, 7) is 7.77. The highest BCUT2D eigenvalue weighted by Gasteiger charge is 2.42. The molecule has 0 aliphatic heterocycles. The van der Waals surface area contributed by atoms with E-state index in [-0.39, 0.29) is 28.7 Å². The molecule has 2 aliphatic rings. The van der Waals surface area contributed by atoms with Crippen LogP contribution in [0.2, 0.25) is 0 Å². The van der Waals surface area contributed by atoms with Crippen LogP contribution in [0.15, 0.2) is 54.6 Å². The van der Waals surface area contributed by atoms with Gasteiger partial charge in [0.05, 0.1) is 12.7 Å². The van der Waals surface area contributed by atoms with Crippen molar-refractivity contribution in [3.8, 4) is 5.75 Å². The second-order valence-electron chi connectivity index (χ2n) is 12.4. The van der Waals surface area contributed by atoms with Crippen molar-refractivity contribution in [2.24, 2.45) is 23.0 Å². The number of nitrogens with zero attached hydrogens (tertiary/aromatic N) is 1. The van der Waals surface area contributed by atoms with E-state index in [1.165, 1.54) is 5.56 Å². The molecule has 37 heavy (non-hydrogen) atoms. The van der Waals surface area contributed by atoms with Gasteiger partial charge in [0.2, 0.25) is 5.91 Å². The van der Waals surface area contributed by atoms with Crippen molar-refractivity contribution in [2.45, 2.75) is 89.8 Å². The molecule has 2 atom stereocenters. The second-order valence-corrected chi connectivity index (χ2v) is 12.4. The maximum atomic E-state index is 14.0. The molecule has 4 rings (SSSR count). The predicted molar refractivity (Wildman–Crippen MR) is 149 cm³/mol. The van der Waals surface area contributed by atoms with Crippen LogP contribution in [-0.2, 0) is 16.9 Å². The van der Waals surface area contributed by atoms with Gasteiger partial charge in [-0.2, -0.15) is 0 Å². The monoisotopic (exact) mass is 506 g/mol. The van der Waals surface area contributed by atoms with E-state index in [4.69, 9.17) is 10.5 Å². The Kier molecular flexibility index (Phi) is 8.35. The number of aliphatic hydroxyl groups is 1. The molecular formula is C32H46N2O3. The van der Waals surface area contributed by atoms with E-state index >= 15 is 0 Å². The van der Waals surface area contributed by atoms with Gasteiger partial charge in [-0.1, -0.05) is 63.2 Å². The smallest absolute Gasteiger partial charge is 0.225 e. The zero-order valence-corrected chi connectivity index (χ0v) is 23.2. The lowest BCUT2D eigenvalue weighted by molar-refractivity contribution is -0.140. The lowest BCUT2D eigenvalue weighted by Crippen LogP contribution is -2.49. The number of rotatable bonds is 10. The SMILES string of the molecule is COc1ccc(CN(C[C@]2(C)CC[C@](N)(c3ccccc3)CC2)C(=O)C(C)C(C)CC2(O)CCC2)cc1. The number of carbonyl (C=O) groups excluding carboxylic acids is 1. The number of ether oxygens (including phenoxy) is 1.